The smallest absolute Gasteiger partial charge is 0.229 e. The average molecular weight is 549 g/mol. The molecule has 0 radical (unpaired) electrons. The van der Waals surface area contributed by atoms with Crippen LogP contribution >= 0.6 is 15.9 Å². The fraction of sp³-hybridized carbons (Fsp3) is 0.560. The van der Waals surface area contributed by atoms with Crippen molar-refractivity contribution in [1.82, 2.24) is 20.2 Å². The number of hydrogen-bond donors (Lipinski definition) is 4. The SMILES string of the molecule is CCN1CC[C@@H](Nc2ccc(Nc3ncc(Br)c(N[C@@H]4CCC[C@@H]4C(=O)NC(C)C)n3)cc2F)C1. The van der Waals surface area contributed by atoms with Gasteiger partial charge in [0.2, 0.25) is 11.9 Å². The normalized spacial score (nSPS) is 22.4. The van der Waals surface area contributed by atoms with Crippen molar-refractivity contribution < 1.29 is 9.18 Å². The highest BCUT2D eigenvalue weighted by atomic mass is 79.9. The number of nitrogens with zero attached hydrogens (tertiary/aromatic N) is 3. The van der Waals surface area contributed by atoms with E-state index in [2.05, 4.69) is 59.0 Å². The van der Waals surface area contributed by atoms with Crippen LogP contribution in [0.2, 0.25) is 0 Å². The van der Waals surface area contributed by atoms with Crippen LogP contribution in [0.1, 0.15) is 46.5 Å². The van der Waals surface area contributed by atoms with E-state index in [0.717, 1.165) is 45.3 Å². The number of nitrogens with one attached hydrogen (secondary N) is 4. The van der Waals surface area contributed by atoms with Gasteiger partial charge in [0.15, 0.2) is 0 Å². The van der Waals surface area contributed by atoms with Crippen LogP contribution in [0.5, 0.6) is 0 Å². The van der Waals surface area contributed by atoms with Gasteiger partial charge in [-0.15, -0.1) is 0 Å². The highest BCUT2D eigenvalue weighted by Gasteiger charge is 2.33. The van der Waals surface area contributed by atoms with Gasteiger partial charge in [-0.2, -0.15) is 4.98 Å². The van der Waals surface area contributed by atoms with Gasteiger partial charge in [0.25, 0.3) is 0 Å². The molecule has 10 heteroatoms. The maximum absolute atomic E-state index is 14.8. The standard InChI is InChI=1S/C25H35BrFN7O/c1-4-34-11-10-17(14-34)30-22-9-8-16(12-20(22)27)31-25-28-13-19(26)23(33-25)32-21-7-5-6-18(21)24(35)29-15(2)3/h8-9,12-13,15,17-18,21,30H,4-7,10-11,14H2,1-3H3,(H,29,35)(H2,28,31,32,33)/t17-,18+,21-/m1/s1. The number of likely N-dealkylation sites (tertiary alicyclic amines) is 1. The second-order valence-electron chi connectivity index (χ2n) is 9.68. The average Bonchev–Trinajstić information content (AvgIpc) is 3.47. The third-order valence-electron chi connectivity index (χ3n) is 6.65. The Morgan fingerprint density at radius 3 is 2.80 bits per heavy atom. The first-order chi connectivity index (χ1) is 16.8. The van der Waals surface area contributed by atoms with Gasteiger partial charge in [0.1, 0.15) is 11.6 Å². The molecule has 8 nitrogen and oxygen atoms in total. The van der Waals surface area contributed by atoms with E-state index in [1.165, 1.54) is 6.07 Å². The molecule has 4 N–H and O–H groups in total. The van der Waals surface area contributed by atoms with Crippen molar-refractivity contribution in [3.05, 3.63) is 34.7 Å². The molecule has 1 saturated heterocycles. The summed E-state index contributed by atoms with van der Waals surface area (Å²) in [5.74, 6) is 0.616. The number of rotatable bonds is 9. The maximum Gasteiger partial charge on any atom is 0.229 e. The van der Waals surface area contributed by atoms with E-state index in [0.29, 0.717) is 27.6 Å². The fourth-order valence-electron chi connectivity index (χ4n) is 4.84. The quantitative estimate of drug-likeness (QED) is 0.360. The van der Waals surface area contributed by atoms with Crippen molar-refractivity contribution in [2.45, 2.75) is 64.6 Å². The molecule has 1 aromatic heterocycles. The molecule has 35 heavy (non-hydrogen) atoms. The number of carbonyl (C=O) groups is 1. The highest BCUT2D eigenvalue weighted by molar-refractivity contribution is 9.10. The second-order valence-corrected chi connectivity index (χ2v) is 10.5. The maximum atomic E-state index is 14.8. The number of carbonyl (C=O) groups excluding carboxylic acids is 1. The highest BCUT2D eigenvalue weighted by Crippen LogP contribution is 2.31. The van der Waals surface area contributed by atoms with Gasteiger partial charge in [0.05, 0.1) is 16.1 Å². The summed E-state index contributed by atoms with van der Waals surface area (Å²) < 4.78 is 15.5. The molecule has 1 saturated carbocycles. The lowest BCUT2D eigenvalue weighted by Crippen LogP contribution is -2.41. The second kappa shape index (κ2) is 11.5. The predicted octanol–water partition coefficient (Wildman–Crippen LogP) is 4.73. The summed E-state index contributed by atoms with van der Waals surface area (Å²) in [5, 5.41) is 12.9. The first-order valence-corrected chi connectivity index (χ1v) is 13.3. The summed E-state index contributed by atoms with van der Waals surface area (Å²) in [6.45, 7) is 9.06. The van der Waals surface area contributed by atoms with Crippen molar-refractivity contribution in [1.29, 1.82) is 0 Å². The van der Waals surface area contributed by atoms with Crippen molar-refractivity contribution in [3.63, 3.8) is 0 Å². The van der Waals surface area contributed by atoms with Gasteiger partial charge in [-0.05, 0) is 73.8 Å². The van der Waals surface area contributed by atoms with Gasteiger partial charge in [-0.25, -0.2) is 9.37 Å². The Hall–Kier alpha value is -2.46. The number of anilines is 4. The van der Waals surface area contributed by atoms with Crippen LogP contribution in [0.25, 0.3) is 0 Å². The number of likely N-dealkylation sites (N-methyl/N-ethyl adjacent to an activating group) is 1. The third-order valence-corrected chi connectivity index (χ3v) is 7.23. The molecule has 0 bridgehead atoms. The van der Waals surface area contributed by atoms with E-state index in [1.54, 1.807) is 12.3 Å². The summed E-state index contributed by atoms with van der Waals surface area (Å²) in [6.07, 6.45) is 5.39. The van der Waals surface area contributed by atoms with E-state index >= 15 is 0 Å². The lowest BCUT2D eigenvalue weighted by molar-refractivity contribution is -0.125. The lowest BCUT2D eigenvalue weighted by atomic mass is 10.0. The van der Waals surface area contributed by atoms with E-state index < -0.39 is 0 Å². The fourth-order valence-corrected chi connectivity index (χ4v) is 5.14. The van der Waals surface area contributed by atoms with E-state index in [4.69, 9.17) is 0 Å². The largest absolute Gasteiger partial charge is 0.379 e. The zero-order valence-electron chi connectivity index (χ0n) is 20.6. The van der Waals surface area contributed by atoms with Crippen molar-refractivity contribution in [3.8, 4) is 0 Å². The Labute approximate surface area is 215 Å². The number of halogens is 2. The Kier molecular flexibility index (Phi) is 8.43. The number of benzene rings is 1. The minimum Gasteiger partial charge on any atom is -0.379 e. The van der Waals surface area contributed by atoms with Gasteiger partial charge >= 0.3 is 0 Å². The van der Waals surface area contributed by atoms with Crippen LogP contribution in [0.3, 0.4) is 0 Å². The Morgan fingerprint density at radius 2 is 2.09 bits per heavy atom. The molecular weight excluding hydrogens is 513 g/mol. The lowest BCUT2D eigenvalue weighted by Gasteiger charge is -2.23. The molecule has 0 spiro atoms. The van der Waals surface area contributed by atoms with Gasteiger partial charge < -0.3 is 26.2 Å². The molecule has 190 valence electrons. The zero-order valence-corrected chi connectivity index (χ0v) is 22.2. The summed E-state index contributed by atoms with van der Waals surface area (Å²) >= 11 is 3.50. The Balaban J connectivity index is 1.40. The van der Waals surface area contributed by atoms with Crippen LogP contribution < -0.4 is 21.3 Å². The van der Waals surface area contributed by atoms with E-state index in [1.807, 2.05) is 19.9 Å². The summed E-state index contributed by atoms with van der Waals surface area (Å²) in [4.78, 5) is 23.9. The monoisotopic (exact) mass is 547 g/mol. The van der Waals surface area contributed by atoms with Crippen LogP contribution in [0, 0.1) is 11.7 Å². The first-order valence-electron chi connectivity index (χ1n) is 12.5. The summed E-state index contributed by atoms with van der Waals surface area (Å²) in [6, 6.07) is 5.39. The van der Waals surface area contributed by atoms with Crippen molar-refractivity contribution >= 4 is 45.0 Å². The topological polar surface area (TPSA) is 94.2 Å². The molecular formula is C25H35BrFN7O. The number of aromatic nitrogens is 2. The molecule has 2 heterocycles. The molecule has 1 amide bonds. The van der Waals surface area contributed by atoms with Crippen LogP contribution in [0.15, 0.2) is 28.9 Å². The molecule has 1 aliphatic carbocycles. The summed E-state index contributed by atoms with van der Waals surface area (Å²) in [7, 11) is 0. The van der Waals surface area contributed by atoms with Gasteiger partial charge in [-0.1, -0.05) is 13.3 Å². The van der Waals surface area contributed by atoms with Crippen molar-refractivity contribution in [2.24, 2.45) is 5.92 Å². The van der Waals surface area contributed by atoms with Crippen LogP contribution in [-0.2, 0) is 4.79 Å². The minimum atomic E-state index is -0.314. The predicted molar refractivity (Wildman–Crippen MR) is 142 cm³/mol. The molecule has 3 atom stereocenters. The first kappa shape index (κ1) is 25.6. The van der Waals surface area contributed by atoms with Gasteiger partial charge in [0, 0.05) is 43.1 Å². The van der Waals surface area contributed by atoms with E-state index in [-0.39, 0.29) is 35.8 Å². The zero-order chi connectivity index (χ0) is 24.9. The molecule has 1 aliphatic heterocycles. The number of hydrogen-bond acceptors (Lipinski definition) is 7. The van der Waals surface area contributed by atoms with Gasteiger partial charge in [-0.3, -0.25) is 4.79 Å². The minimum absolute atomic E-state index is 0.00479. The molecule has 2 aliphatic rings. The van der Waals surface area contributed by atoms with E-state index in [9.17, 15) is 9.18 Å². The Bertz CT molecular complexity index is 1040. The molecule has 4 rings (SSSR count). The van der Waals surface area contributed by atoms with Crippen LogP contribution in [0.4, 0.5) is 27.5 Å². The molecule has 2 fully saturated rings. The van der Waals surface area contributed by atoms with Crippen LogP contribution in [-0.4, -0.2) is 58.5 Å². The third kappa shape index (κ3) is 6.61. The summed E-state index contributed by atoms with van der Waals surface area (Å²) in [5.41, 5.74) is 1.07. The molecule has 0 unspecified atom stereocenters. The molecule has 2 aromatic rings. The van der Waals surface area contributed by atoms with Crippen molar-refractivity contribution in [2.75, 3.05) is 35.6 Å². The Morgan fingerprint density at radius 1 is 1.26 bits per heavy atom. The number of amides is 1. The molecule has 1 aromatic carbocycles.